The highest BCUT2D eigenvalue weighted by Crippen LogP contribution is 2.17. The van der Waals surface area contributed by atoms with Crippen LogP contribution in [0.4, 0.5) is 8.78 Å². The monoisotopic (exact) mass is 241 g/mol. The van der Waals surface area contributed by atoms with Crippen LogP contribution >= 0.6 is 0 Å². The summed E-state index contributed by atoms with van der Waals surface area (Å²) >= 11 is 0. The molecule has 96 valence electrons. The van der Waals surface area contributed by atoms with Gasteiger partial charge in [0.15, 0.2) is 0 Å². The first-order valence-electron chi connectivity index (χ1n) is 6.32. The van der Waals surface area contributed by atoms with E-state index in [2.05, 4.69) is 19.2 Å². The summed E-state index contributed by atoms with van der Waals surface area (Å²) in [6.07, 6.45) is 2.82. The lowest BCUT2D eigenvalue weighted by molar-refractivity contribution is 0.435. The van der Waals surface area contributed by atoms with E-state index in [0.29, 0.717) is 17.9 Å². The molecule has 1 aromatic rings. The van der Waals surface area contributed by atoms with Crippen LogP contribution in [0.1, 0.15) is 32.3 Å². The van der Waals surface area contributed by atoms with Crippen molar-refractivity contribution < 1.29 is 8.78 Å². The third-order valence-electron chi connectivity index (χ3n) is 2.90. The van der Waals surface area contributed by atoms with Gasteiger partial charge in [-0.05, 0) is 43.5 Å². The van der Waals surface area contributed by atoms with Crippen molar-refractivity contribution in [2.24, 2.45) is 5.92 Å². The summed E-state index contributed by atoms with van der Waals surface area (Å²) in [5.74, 6) is -0.521. The van der Waals surface area contributed by atoms with Crippen LogP contribution < -0.4 is 5.32 Å². The Bertz CT molecular complexity index is 339. The Balaban J connectivity index is 2.64. The van der Waals surface area contributed by atoms with Crippen LogP contribution in [0.25, 0.3) is 0 Å². The number of hydrogen-bond donors (Lipinski definition) is 1. The van der Waals surface area contributed by atoms with Gasteiger partial charge in [0, 0.05) is 6.07 Å². The van der Waals surface area contributed by atoms with Crippen molar-refractivity contribution in [2.45, 2.75) is 33.1 Å². The van der Waals surface area contributed by atoms with E-state index in [1.807, 2.05) is 0 Å². The second-order valence-corrected chi connectivity index (χ2v) is 4.40. The Morgan fingerprint density at radius 3 is 2.59 bits per heavy atom. The maximum absolute atomic E-state index is 13.5. The molecule has 1 atom stereocenters. The maximum atomic E-state index is 13.5. The number of benzene rings is 1. The van der Waals surface area contributed by atoms with E-state index in [1.165, 1.54) is 6.07 Å². The van der Waals surface area contributed by atoms with E-state index in [0.717, 1.165) is 32.0 Å². The van der Waals surface area contributed by atoms with Crippen LogP contribution in [0.2, 0.25) is 0 Å². The number of nitrogens with one attached hydrogen (secondary N) is 1. The minimum Gasteiger partial charge on any atom is -0.317 e. The van der Waals surface area contributed by atoms with Crippen LogP contribution in [-0.4, -0.2) is 13.1 Å². The van der Waals surface area contributed by atoms with E-state index in [4.69, 9.17) is 0 Å². The summed E-state index contributed by atoms with van der Waals surface area (Å²) < 4.78 is 26.3. The minimum absolute atomic E-state index is 0.417. The van der Waals surface area contributed by atoms with Crippen molar-refractivity contribution in [1.82, 2.24) is 5.32 Å². The van der Waals surface area contributed by atoms with E-state index in [1.54, 1.807) is 6.07 Å². The zero-order valence-electron chi connectivity index (χ0n) is 10.6. The van der Waals surface area contributed by atoms with Crippen LogP contribution in [0, 0.1) is 17.6 Å². The molecule has 17 heavy (non-hydrogen) atoms. The normalized spacial score (nSPS) is 12.7. The molecule has 1 N–H and O–H groups in total. The molecule has 1 nitrogen and oxygen atoms in total. The fourth-order valence-electron chi connectivity index (χ4n) is 2.03. The van der Waals surface area contributed by atoms with Gasteiger partial charge in [-0.3, -0.25) is 0 Å². The maximum Gasteiger partial charge on any atom is 0.129 e. The Morgan fingerprint density at radius 1 is 1.24 bits per heavy atom. The molecule has 0 saturated carbocycles. The molecule has 0 aromatic heterocycles. The molecular formula is C14H21F2N. The van der Waals surface area contributed by atoms with E-state index in [-0.39, 0.29) is 0 Å². The van der Waals surface area contributed by atoms with Gasteiger partial charge in [-0.2, -0.15) is 0 Å². The lowest BCUT2D eigenvalue weighted by atomic mass is 9.94. The predicted molar refractivity (Wildman–Crippen MR) is 67.0 cm³/mol. The highest BCUT2D eigenvalue weighted by atomic mass is 19.1. The van der Waals surface area contributed by atoms with E-state index < -0.39 is 11.6 Å². The largest absolute Gasteiger partial charge is 0.317 e. The van der Waals surface area contributed by atoms with Crippen molar-refractivity contribution in [3.05, 3.63) is 35.4 Å². The van der Waals surface area contributed by atoms with Crippen molar-refractivity contribution in [3.63, 3.8) is 0 Å². The molecule has 1 rings (SSSR count). The van der Waals surface area contributed by atoms with Crippen molar-refractivity contribution >= 4 is 0 Å². The van der Waals surface area contributed by atoms with E-state index in [9.17, 15) is 8.78 Å². The Morgan fingerprint density at radius 2 is 2.00 bits per heavy atom. The summed E-state index contributed by atoms with van der Waals surface area (Å²) in [5, 5.41) is 3.29. The highest BCUT2D eigenvalue weighted by Gasteiger charge is 2.11. The first kappa shape index (κ1) is 14.1. The standard InChI is InChI=1S/C14H21F2N/c1-3-5-11(10-17-4-2)8-12-6-7-13(15)9-14(12)16/h6-7,9,11,17H,3-5,8,10H2,1-2H3. The first-order chi connectivity index (χ1) is 8.17. The van der Waals surface area contributed by atoms with Gasteiger partial charge in [-0.1, -0.05) is 26.3 Å². The molecule has 0 amide bonds. The minimum atomic E-state index is -0.509. The summed E-state index contributed by atoms with van der Waals surface area (Å²) in [4.78, 5) is 0. The fourth-order valence-corrected chi connectivity index (χ4v) is 2.03. The van der Waals surface area contributed by atoms with Crippen molar-refractivity contribution in [3.8, 4) is 0 Å². The van der Waals surface area contributed by atoms with Gasteiger partial charge in [0.2, 0.25) is 0 Å². The Hall–Kier alpha value is -0.960. The average molecular weight is 241 g/mol. The molecule has 0 saturated heterocycles. The summed E-state index contributed by atoms with van der Waals surface area (Å²) in [5.41, 5.74) is 0.614. The highest BCUT2D eigenvalue weighted by molar-refractivity contribution is 5.19. The number of hydrogen-bond acceptors (Lipinski definition) is 1. The van der Waals surface area contributed by atoms with Crippen LogP contribution in [0.3, 0.4) is 0 Å². The summed E-state index contributed by atoms with van der Waals surface area (Å²) in [6.45, 7) is 5.99. The summed E-state index contributed by atoms with van der Waals surface area (Å²) in [6, 6.07) is 3.85. The molecule has 3 heteroatoms. The smallest absolute Gasteiger partial charge is 0.129 e. The van der Waals surface area contributed by atoms with Gasteiger partial charge in [-0.25, -0.2) is 8.78 Å². The topological polar surface area (TPSA) is 12.0 Å². The molecule has 0 fully saturated rings. The number of rotatable bonds is 7. The van der Waals surface area contributed by atoms with Gasteiger partial charge in [0.1, 0.15) is 11.6 Å². The fraction of sp³-hybridized carbons (Fsp3) is 0.571. The van der Waals surface area contributed by atoms with Gasteiger partial charge < -0.3 is 5.32 Å². The van der Waals surface area contributed by atoms with Gasteiger partial charge >= 0.3 is 0 Å². The van der Waals surface area contributed by atoms with Gasteiger partial charge in [0.25, 0.3) is 0 Å². The van der Waals surface area contributed by atoms with Crippen LogP contribution in [0.15, 0.2) is 18.2 Å². The van der Waals surface area contributed by atoms with Crippen LogP contribution in [0.5, 0.6) is 0 Å². The SMILES string of the molecule is CCCC(CNCC)Cc1ccc(F)cc1F. The van der Waals surface area contributed by atoms with Crippen LogP contribution in [-0.2, 0) is 6.42 Å². The third kappa shape index (κ3) is 4.82. The van der Waals surface area contributed by atoms with Gasteiger partial charge in [-0.15, -0.1) is 0 Å². The lowest BCUT2D eigenvalue weighted by Crippen LogP contribution is -2.24. The van der Waals surface area contributed by atoms with E-state index >= 15 is 0 Å². The Kier molecular flexibility index (Phi) is 6.12. The molecule has 0 aliphatic rings. The van der Waals surface area contributed by atoms with Gasteiger partial charge in [0.05, 0.1) is 0 Å². The quantitative estimate of drug-likeness (QED) is 0.770. The average Bonchev–Trinajstić information content (AvgIpc) is 2.29. The number of halogens is 2. The molecular weight excluding hydrogens is 220 g/mol. The molecule has 0 spiro atoms. The molecule has 0 aliphatic carbocycles. The molecule has 0 aliphatic heterocycles. The molecule has 0 bridgehead atoms. The predicted octanol–water partition coefficient (Wildman–Crippen LogP) is 3.53. The first-order valence-corrected chi connectivity index (χ1v) is 6.32. The van der Waals surface area contributed by atoms with Crippen molar-refractivity contribution in [2.75, 3.05) is 13.1 Å². The zero-order chi connectivity index (χ0) is 12.7. The molecule has 0 radical (unpaired) electrons. The lowest BCUT2D eigenvalue weighted by Gasteiger charge is -2.17. The second-order valence-electron chi connectivity index (χ2n) is 4.40. The zero-order valence-corrected chi connectivity index (χ0v) is 10.6. The van der Waals surface area contributed by atoms with Crippen molar-refractivity contribution in [1.29, 1.82) is 0 Å². The molecule has 1 unspecified atom stereocenters. The molecule has 1 aromatic carbocycles. The second kappa shape index (κ2) is 7.38. The Labute approximate surface area is 102 Å². The summed E-state index contributed by atoms with van der Waals surface area (Å²) in [7, 11) is 0. The third-order valence-corrected chi connectivity index (χ3v) is 2.90. The molecule has 0 heterocycles.